The molecule has 0 amide bonds. The highest BCUT2D eigenvalue weighted by atomic mass is 79.9. The van der Waals surface area contributed by atoms with Gasteiger partial charge in [0.15, 0.2) is 0 Å². The maximum absolute atomic E-state index is 6.40. The van der Waals surface area contributed by atoms with Crippen molar-refractivity contribution < 1.29 is 0 Å². The third kappa shape index (κ3) is 2.73. The first kappa shape index (κ1) is 16.3. The summed E-state index contributed by atoms with van der Waals surface area (Å²) in [6.07, 6.45) is 4.11. The number of nitrogens with one attached hydrogen (secondary N) is 1. The normalized spacial score (nSPS) is 16.2. The van der Waals surface area contributed by atoms with Crippen molar-refractivity contribution in [2.45, 2.75) is 26.1 Å². The van der Waals surface area contributed by atoms with Crippen molar-refractivity contribution in [3.8, 4) is 5.69 Å². The van der Waals surface area contributed by atoms with Crippen LogP contribution in [0.1, 0.15) is 29.9 Å². The van der Waals surface area contributed by atoms with Crippen LogP contribution in [-0.2, 0) is 13.1 Å². The number of aryl methyl sites for hydroxylation is 1. The lowest BCUT2D eigenvalue weighted by molar-refractivity contribution is 0.563. The molecule has 1 atom stereocenters. The molecule has 0 fully saturated rings. The highest BCUT2D eigenvalue weighted by Gasteiger charge is 2.25. The van der Waals surface area contributed by atoms with E-state index in [1.54, 1.807) is 0 Å². The topological polar surface area (TPSA) is 34.8 Å². The molecule has 0 radical (unpaired) electrons. The minimum atomic E-state index is 0. The predicted molar refractivity (Wildman–Crippen MR) is 97.7 cm³/mol. The van der Waals surface area contributed by atoms with Gasteiger partial charge in [-0.15, -0.1) is 17.0 Å². The molecule has 1 aromatic carbocycles. The summed E-state index contributed by atoms with van der Waals surface area (Å²) in [5.74, 6) is 0. The summed E-state index contributed by atoms with van der Waals surface area (Å²) in [6.45, 7) is 3.69. The maximum atomic E-state index is 6.40. The zero-order chi connectivity index (χ0) is 15.1. The predicted octanol–water partition coefficient (Wildman–Crippen LogP) is 4.12. The molecule has 3 heterocycles. The molecule has 1 aliphatic heterocycles. The van der Waals surface area contributed by atoms with E-state index in [1.807, 2.05) is 23.0 Å². The molecule has 0 saturated heterocycles. The number of halogens is 2. The second-order valence-electron chi connectivity index (χ2n) is 5.45. The zero-order valence-corrected chi connectivity index (χ0v) is 15.2. The zero-order valence-electron chi connectivity index (χ0n) is 12.7. The van der Waals surface area contributed by atoms with E-state index >= 15 is 0 Å². The minimum absolute atomic E-state index is 0. The van der Waals surface area contributed by atoms with Crippen LogP contribution < -0.4 is 5.32 Å². The highest BCUT2D eigenvalue weighted by Crippen LogP contribution is 2.32. The number of hydrogen-bond acceptors (Lipinski definition) is 2. The molecule has 120 valence electrons. The number of fused-ring (bicyclic) bond motifs is 3. The van der Waals surface area contributed by atoms with Crippen molar-refractivity contribution in [1.29, 1.82) is 0 Å². The second kappa shape index (κ2) is 6.51. The molecule has 23 heavy (non-hydrogen) atoms. The molecule has 1 aliphatic rings. The Kier molecular flexibility index (Phi) is 4.62. The fourth-order valence-corrected chi connectivity index (χ4v) is 3.31. The third-order valence-electron chi connectivity index (χ3n) is 4.19. The first-order chi connectivity index (χ1) is 10.8. The van der Waals surface area contributed by atoms with Crippen LogP contribution in [0.5, 0.6) is 0 Å². The molecule has 0 spiro atoms. The quantitative estimate of drug-likeness (QED) is 0.711. The molecule has 1 N–H and O–H groups in total. The maximum Gasteiger partial charge on any atom is 0.0929 e. The van der Waals surface area contributed by atoms with Gasteiger partial charge in [-0.2, -0.15) is 5.10 Å². The number of benzene rings is 1. The van der Waals surface area contributed by atoms with E-state index < -0.39 is 0 Å². The van der Waals surface area contributed by atoms with Gasteiger partial charge in [-0.1, -0.05) is 17.7 Å². The monoisotopic (exact) mass is 392 g/mol. The van der Waals surface area contributed by atoms with Crippen molar-refractivity contribution in [2.24, 2.45) is 0 Å². The Balaban J connectivity index is 0.00000156. The average molecular weight is 394 g/mol. The van der Waals surface area contributed by atoms with E-state index in [1.165, 1.54) is 5.69 Å². The van der Waals surface area contributed by atoms with Gasteiger partial charge in [0.05, 0.1) is 17.4 Å². The summed E-state index contributed by atoms with van der Waals surface area (Å²) in [7, 11) is 0. The van der Waals surface area contributed by atoms with Crippen LogP contribution in [0.4, 0.5) is 0 Å². The van der Waals surface area contributed by atoms with Crippen molar-refractivity contribution in [1.82, 2.24) is 19.7 Å². The van der Waals surface area contributed by atoms with Gasteiger partial charge in [0, 0.05) is 41.8 Å². The Bertz CT molecular complexity index is 824. The van der Waals surface area contributed by atoms with E-state index in [4.69, 9.17) is 11.6 Å². The molecule has 1 unspecified atom stereocenters. The lowest BCUT2D eigenvalue weighted by Gasteiger charge is -2.15. The molecule has 0 bridgehead atoms. The molecule has 4 nitrogen and oxygen atoms in total. The molecular weight excluding hydrogens is 376 g/mol. The lowest BCUT2D eigenvalue weighted by atomic mass is 10.1. The standard InChI is InChI=1S/C17H17ClN4.BrH/c1-2-21-10-8-14(20-21)17-16-7-4-9-22(16)15-6-3-5-13(18)12(15)11-19-17;/h3-10,17,19H,2,11H2,1H3;1H. The first-order valence-electron chi connectivity index (χ1n) is 7.49. The summed E-state index contributed by atoms with van der Waals surface area (Å²) in [5, 5.41) is 9.05. The summed E-state index contributed by atoms with van der Waals surface area (Å²) in [4.78, 5) is 0. The van der Waals surface area contributed by atoms with E-state index in [0.29, 0.717) is 0 Å². The lowest BCUT2D eigenvalue weighted by Crippen LogP contribution is -2.22. The van der Waals surface area contributed by atoms with Crippen molar-refractivity contribution in [2.75, 3.05) is 0 Å². The fraction of sp³-hybridized carbons (Fsp3) is 0.235. The molecule has 3 aromatic rings. The van der Waals surface area contributed by atoms with Gasteiger partial charge in [0.2, 0.25) is 0 Å². The number of aromatic nitrogens is 3. The fourth-order valence-electron chi connectivity index (χ4n) is 3.07. The van der Waals surface area contributed by atoms with Crippen LogP contribution in [0.25, 0.3) is 5.69 Å². The Morgan fingerprint density at radius 3 is 2.87 bits per heavy atom. The van der Waals surface area contributed by atoms with Gasteiger partial charge in [0.25, 0.3) is 0 Å². The Morgan fingerprint density at radius 1 is 1.22 bits per heavy atom. The first-order valence-corrected chi connectivity index (χ1v) is 7.87. The van der Waals surface area contributed by atoms with Crippen LogP contribution >= 0.6 is 28.6 Å². The summed E-state index contributed by atoms with van der Waals surface area (Å²) >= 11 is 6.40. The SMILES string of the molecule is Br.CCn1ccc(C2NCc3c(Cl)cccc3-n3cccc32)n1. The van der Waals surface area contributed by atoms with Crippen LogP contribution in [0.2, 0.25) is 5.02 Å². The average Bonchev–Trinajstić information content (AvgIpc) is 3.16. The Labute approximate surface area is 150 Å². The highest BCUT2D eigenvalue weighted by molar-refractivity contribution is 8.93. The van der Waals surface area contributed by atoms with Crippen molar-refractivity contribution >= 4 is 28.6 Å². The Morgan fingerprint density at radius 2 is 2.09 bits per heavy atom. The van der Waals surface area contributed by atoms with Crippen molar-refractivity contribution in [3.63, 3.8) is 0 Å². The largest absolute Gasteiger partial charge is 0.319 e. The van der Waals surface area contributed by atoms with E-state index in [0.717, 1.165) is 35.1 Å². The van der Waals surface area contributed by atoms with Crippen LogP contribution in [0, 0.1) is 0 Å². The molecule has 0 aliphatic carbocycles. The molecule has 4 rings (SSSR count). The summed E-state index contributed by atoms with van der Waals surface area (Å²) in [6, 6.07) is 12.4. The van der Waals surface area contributed by atoms with Gasteiger partial charge in [-0.05, 0) is 37.3 Å². The van der Waals surface area contributed by atoms with Crippen LogP contribution in [0.15, 0.2) is 48.8 Å². The van der Waals surface area contributed by atoms with Crippen LogP contribution in [-0.4, -0.2) is 14.3 Å². The molecule has 2 aromatic heterocycles. The second-order valence-corrected chi connectivity index (χ2v) is 5.86. The van der Waals surface area contributed by atoms with Gasteiger partial charge in [-0.3, -0.25) is 10.00 Å². The number of rotatable bonds is 2. The van der Waals surface area contributed by atoms with E-state index in [2.05, 4.69) is 52.4 Å². The molecule has 0 saturated carbocycles. The Hall–Kier alpha value is -1.56. The smallest absolute Gasteiger partial charge is 0.0929 e. The van der Waals surface area contributed by atoms with Crippen LogP contribution in [0.3, 0.4) is 0 Å². The van der Waals surface area contributed by atoms with Gasteiger partial charge >= 0.3 is 0 Å². The van der Waals surface area contributed by atoms with Gasteiger partial charge in [0.1, 0.15) is 0 Å². The number of nitrogens with zero attached hydrogens (tertiary/aromatic N) is 3. The summed E-state index contributed by atoms with van der Waals surface area (Å²) < 4.78 is 4.16. The van der Waals surface area contributed by atoms with E-state index in [-0.39, 0.29) is 23.0 Å². The van der Waals surface area contributed by atoms with Crippen molar-refractivity contribution in [3.05, 3.63) is 70.8 Å². The minimum Gasteiger partial charge on any atom is -0.319 e. The summed E-state index contributed by atoms with van der Waals surface area (Å²) in [5.41, 5.74) is 4.48. The number of hydrogen-bond donors (Lipinski definition) is 1. The third-order valence-corrected chi connectivity index (χ3v) is 4.55. The molecule has 6 heteroatoms. The van der Waals surface area contributed by atoms with Gasteiger partial charge < -0.3 is 4.57 Å². The van der Waals surface area contributed by atoms with E-state index in [9.17, 15) is 0 Å². The van der Waals surface area contributed by atoms with Gasteiger partial charge in [-0.25, -0.2) is 0 Å². The molecular formula is C17H18BrClN4.